The smallest absolute Gasteiger partial charge is 0.228 e. The van der Waals surface area contributed by atoms with E-state index < -0.39 is 0 Å². The fraction of sp³-hybridized carbons (Fsp3) is 0.200. The van der Waals surface area contributed by atoms with Crippen LogP contribution in [0, 0.1) is 0 Å². The summed E-state index contributed by atoms with van der Waals surface area (Å²) in [6, 6.07) is 8.20. The molecule has 0 aliphatic carbocycles. The normalized spacial score (nSPS) is 14.9. The van der Waals surface area contributed by atoms with Gasteiger partial charge in [0.15, 0.2) is 0 Å². The third-order valence-electron chi connectivity index (χ3n) is 3.36. The molecule has 1 aliphatic heterocycles. The summed E-state index contributed by atoms with van der Waals surface area (Å²) in [5, 5.41) is 2.92. The van der Waals surface area contributed by atoms with Crippen LogP contribution in [-0.4, -0.2) is 15.5 Å². The van der Waals surface area contributed by atoms with Crippen molar-refractivity contribution in [2.24, 2.45) is 0 Å². The van der Waals surface area contributed by atoms with Crippen molar-refractivity contribution in [2.45, 2.75) is 19.8 Å². The molecule has 0 saturated carbocycles. The summed E-state index contributed by atoms with van der Waals surface area (Å²) < 4.78 is 1.96. The number of carbonyl (C=O) groups excluding carboxylic acids is 1. The number of rotatable bonds is 3. The second kappa shape index (κ2) is 4.72. The molecule has 0 unspecified atom stereocenters. The number of benzene rings is 1. The van der Waals surface area contributed by atoms with E-state index in [1.54, 1.807) is 12.5 Å². The lowest BCUT2D eigenvalue weighted by molar-refractivity contribution is -0.118. The number of nitrogens with zero attached hydrogens (tertiary/aromatic N) is 2. The van der Waals surface area contributed by atoms with Crippen LogP contribution in [0.1, 0.15) is 25.3 Å². The minimum Gasteiger partial charge on any atom is -0.329 e. The molecule has 2 heterocycles. The van der Waals surface area contributed by atoms with E-state index in [4.69, 9.17) is 0 Å². The number of hydrogen-bond acceptors (Lipinski definition) is 2. The molecule has 0 radical (unpaired) electrons. The largest absolute Gasteiger partial charge is 0.329 e. The molecule has 0 fully saturated rings. The first-order valence-corrected chi connectivity index (χ1v) is 6.38. The minimum absolute atomic E-state index is 0.0885. The Bertz CT molecular complexity index is 624. The molecular weight excluding hydrogens is 238 g/mol. The second-order valence-electron chi connectivity index (χ2n) is 4.55. The lowest BCUT2D eigenvalue weighted by atomic mass is 10.0. The Morgan fingerprint density at radius 2 is 2.11 bits per heavy atom. The Morgan fingerprint density at radius 1 is 1.32 bits per heavy atom. The number of hydrogen-bond donors (Lipinski definition) is 1. The Kier molecular flexibility index (Phi) is 2.91. The van der Waals surface area contributed by atoms with Crippen LogP contribution in [0.2, 0.25) is 0 Å². The van der Waals surface area contributed by atoms with E-state index in [0.717, 1.165) is 28.9 Å². The highest BCUT2D eigenvalue weighted by Gasteiger charge is 2.20. The highest BCUT2D eigenvalue weighted by atomic mass is 16.1. The molecule has 0 atom stereocenters. The zero-order valence-corrected chi connectivity index (χ0v) is 10.8. The van der Waals surface area contributed by atoms with Gasteiger partial charge in [-0.05, 0) is 29.7 Å². The van der Waals surface area contributed by atoms with Gasteiger partial charge in [-0.3, -0.25) is 4.79 Å². The van der Waals surface area contributed by atoms with Gasteiger partial charge in [0, 0.05) is 23.8 Å². The molecule has 0 spiro atoms. The van der Waals surface area contributed by atoms with E-state index in [2.05, 4.69) is 29.4 Å². The molecule has 1 N–H and O–H groups in total. The Balaban J connectivity index is 1.93. The molecule has 1 amide bonds. The van der Waals surface area contributed by atoms with Crippen molar-refractivity contribution in [3.63, 3.8) is 0 Å². The molecular formula is C15H15N3O. The summed E-state index contributed by atoms with van der Waals surface area (Å²) in [5.41, 5.74) is 4.33. The maximum absolute atomic E-state index is 11.5. The van der Waals surface area contributed by atoms with Crippen LogP contribution >= 0.6 is 0 Å². The van der Waals surface area contributed by atoms with Gasteiger partial charge in [0.05, 0.1) is 12.7 Å². The fourth-order valence-corrected chi connectivity index (χ4v) is 2.38. The molecule has 96 valence electrons. The van der Waals surface area contributed by atoms with Crippen LogP contribution in [0.4, 0.5) is 0 Å². The van der Waals surface area contributed by atoms with Crippen molar-refractivity contribution in [3.8, 4) is 5.69 Å². The Labute approximate surface area is 111 Å². The van der Waals surface area contributed by atoms with Gasteiger partial charge >= 0.3 is 0 Å². The Hall–Kier alpha value is -2.36. The zero-order valence-electron chi connectivity index (χ0n) is 10.8. The van der Waals surface area contributed by atoms with Crippen LogP contribution < -0.4 is 5.32 Å². The number of aromatic nitrogens is 2. The average molecular weight is 253 g/mol. The third kappa shape index (κ3) is 2.17. The van der Waals surface area contributed by atoms with Crippen molar-refractivity contribution in [1.29, 1.82) is 0 Å². The van der Waals surface area contributed by atoms with Crippen LogP contribution in [0.15, 0.2) is 48.7 Å². The monoisotopic (exact) mass is 253 g/mol. The molecule has 4 nitrogen and oxygen atoms in total. The number of nitrogens with one attached hydrogen (secondary N) is 1. The third-order valence-corrected chi connectivity index (χ3v) is 3.36. The highest BCUT2D eigenvalue weighted by molar-refractivity contribution is 5.96. The average Bonchev–Trinajstić information content (AvgIpc) is 3.08. The second-order valence-corrected chi connectivity index (χ2v) is 4.55. The standard InChI is InChI=1S/C15H15N3O/c1-2-14-13(9-15(19)17-14)11-3-5-12(6-4-11)18-8-7-16-10-18/h3-8,10H,2,9H2,1H3,(H,17,19). The molecule has 1 aromatic carbocycles. The zero-order chi connectivity index (χ0) is 13.2. The van der Waals surface area contributed by atoms with Crippen LogP contribution in [-0.2, 0) is 4.79 Å². The van der Waals surface area contributed by atoms with Gasteiger partial charge < -0.3 is 9.88 Å². The molecule has 0 bridgehead atoms. The number of carbonyl (C=O) groups is 1. The lowest BCUT2D eigenvalue weighted by Crippen LogP contribution is -2.14. The van der Waals surface area contributed by atoms with E-state index in [9.17, 15) is 4.79 Å². The predicted octanol–water partition coefficient (Wildman–Crippen LogP) is 2.51. The summed E-state index contributed by atoms with van der Waals surface area (Å²) in [6.07, 6.45) is 6.77. The topological polar surface area (TPSA) is 46.9 Å². The molecule has 1 aromatic heterocycles. The van der Waals surface area contributed by atoms with Gasteiger partial charge in [0.2, 0.25) is 5.91 Å². The summed E-state index contributed by atoms with van der Waals surface area (Å²) in [6.45, 7) is 2.06. The SMILES string of the molecule is CCC1=C(c2ccc(-n3ccnc3)cc2)CC(=O)N1. The van der Waals surface area contributed by atoms with Gasteiger partial charge in [-0.2, -0.15) is 0 Å². The van der Waals surface area contributed by atoms with E-state index in [1.807, 2.05) is 22.9 Å². The molecule has 4 heteroatoms. The number of imidazole rings is 1. The van der Waals surface area contributed by atoms with Crippen molar-refractivity contribution in [1.82, 2.24) is 14.9 Å². The quantitative estimate of drug-likeness (QED) is 0.913. The number of amides is 1. The first-order valence-electron chi connectivity index (χ1n) is 6.38. The molecule has 1 aliphatic rings. The van der Waals surface area contributed by atoms with E-state index >= 15 is 0 Å². The van der Waals surface area contributed by atoms with Crippen LogP contribution in [0.5, 0.6) is 0 Å². The first kappa shape index (κ1) is 11.7. The molecule has 2 aromatic rings. The minimum atomic E-state index is 0.0885. The van der Waals surface area contributed by atoms with Gasteiger partial charge in [0.1, 0.15) is 0 Å². The highest BCUT2D eigenvalue weighted by Crippen LogP contribution is 2.28. The Morgan fingerprint density at radius 3 is 2.74 bits per heavy atom. The molecule has 3 rings (SSSR count). The van der Waals surface area contributed by atoms with Gasteiger partial charge in [-0.25, -0.2) is 4.98 Å². The van der Waals surface area contributed by atoms with E-state index in [1.165, 1.54) is 0 Å². The number of allylic oxidation sites excluding steroid dienone is 1. The van der Waals surface area contributed by atoms with E-state index in [0.29, 0.717) is 6.42 Å². The predicted molar refractivity (Wildman–Crippen MR) is 73.5 cm³/mol. The summed E-state index contributed by atoms with van der Waals surface area (Å²) >= 11 is 0. The maximum Gasteiger partial charge on any atom is 0.228 e. The fourth-order valence-electron chi connectivity index (χ4n) is 2.38. The van der Waals surface area contributed by atoms with Gasteiger partial charge in [-0.1, -0.05) is 19.1 Å². The summed E-state index contributed by atoms with van der Waals surface area (Å²) in [7, 11) is 0. The molecule has 0 saturated heterocycles. The van der Waals surface area contributed by atoms with Crippen LogP contribution in [0.3, 0.4) is 0 Å². The van der Waals surface area contributed by atoms with Crippen LogP contribution in [0.25, 0.3) is 11.3 Å². The van der Waals surface area contributed by atoms with Crippen molar-refractivity contribution in [3.05, 3.63) is 54.2 Å². The summed E-state index contributed by atoms with van der Waals surface area (Å²) in [5.74, 6) is 0.0885. The van der Waals surface area contributed by atoms with Gasteiger partial charge in [-0.15, -0.1) is 0 Å². The first-order chi connectivity index (χ1) is 9.28. The maximum atomic E-state index is 11.5. The summed E-state index contributed by atoms with van der Waals surface area (Å²) in [4.78, 5) is 15.5. The lowest BCUT2D eigenvalue weighted by Gasteiger charge is -2.07. The molecule has 19 heavy (non-hydrogen) atoms. The van der Waals surface area contributed by atoms with Crippen molar-refractivity contribution < 1.29 is 4.79 Å². The van der Waals surface area contributed by atoms with Gasteiger partial charge in [0.25, 0.3) is 0 Å². The van der Waals surface area contributed by atoms with Crippen molar-refractivity contribution in [2.75, 3.05) is 0 Å². The van der Waals surface area contributed by atoms with E-state index in [-0.39, 0.29) is 5.91 Å². The van der Waals surface area contributed by atoms with Crippen molar-refractivity contribution >= 4 is 11.5 Å².